The number of nitrogens with zero attached hydrogens (tertiary/aromatic N) is 1. The maximum absolute atomic E-state index is 11.1. The quantitative estimate of drug-likeness (QED) is 0.782. The van der Waals surface area contributed by atoms with Crippen LogP contribution in [0.4, 0.5) is 0 Å². The summed E-state index contributed by atoms with van der Waals surface area (Å²) in [5, 5.41) is 11.1. The first-order valence-corrected chi connectivity index (χ1v) is 10.8. The van der Waals surface area contributed by atoms with Gasteiger partial charge in [0.05, 0.1) is 30.5 Å². The SMILES string of the molecule is COC1CC(O)C2C(CN(C)C3C4CC5OCOC5CC4CCC23)C1OC. The van der Waals surface area contributed by atoms with Crippen LogP contribution in [0, 0.1) is 29.6 Å². The van der Waals surface area contributed by atoms with Crippen LogP contribution < -0.4 is 0 Å². The Balaban J connectivity index is 1.41. The largest absolute Gasteiger partial charge is 0.393 e. The molecular formula is C21H35NO5. The first-order chi connectivity index (χ1) is 13.1. The maximum atomic E-state index is 11.1. The van der Waals surface area contributed by atoms with Crippen LogP contribution in [0.3, 0.4) is 0 Å². The van der Waals surface area contributed by atoms with Crippen molar-refractivity contribution in [3.63, 3.8) is 0 Å². The van der Waals surface area contributed by atoms with Gasteiger partial charge in [-0.15, -0.1) is 0 Å². The Labute approximate surface area is 162 Å². The Bertz CT molecular complexity index is 547. The van der Waals surface area contributed by atoms with Crippen LogP contribution in [0.15, 0.2) is 0 Å². The van der Waals surface area contributed by atoms with E-state index in [1.165, 1.54) is 12.8 Å². The summed E-state index contributed by atoms with van der Waals surface area (Å²) >= 11 is 0. The number of hydrogen-bond donors (Lipinski definition) is 1. The van der Waals surface area contributed by atoms with Crippen LogP contribution in [0.2, 0.25) is 0 Å². The minimum Gasteiger partial charge on any atom is -0.393 e. The first kappa shape index (κ1) is 18.8. The molecule has 2 aliphatic heterocycles. The molecular weight excluding hydrogens is 346 g/mol. The fourth-order valence-electron chi connectivity index (χ4n) is 7.67. The molecule has 1 N–H and O–H groups in total. The van der Waals surface area contributed by atoms with E-state index in [1.54, 1.807) is 14.2 Å². The van der Waals surface area contributed by atoms with Crippen LogP contribution in [0.1, 0.15) is 32.1 Å². The van der Waals surface area contributed by atoms with Crippen molar-refractivity contribution in [1.82, 2.24) is 4.90 Å². The van der Waals surface area contributed by atoms with Gasteiger partial charge in [-0.05, 0) is 56.4 Å². The molecule has 0 bridgehead atoms. The van der Waals surface area contributed by atoms with Crippen molar-refractivity contribution in [2.45, 2.75) is 68.7 Å². The monoisotopic (exact) mass is 381 g/mol. The van der Waals surface area contributed by atoms with E-state index in [4.69, 9.17) is 18.9 Å². The zero-order valence-electron chi connectivity index (χ0n) is 16.8. The smallest absolute Gasteiger partial charge is 0.147 e. The third-order valence-electron chi connectivity index (χ3n) is 8.65. The molecule has 6 heteroatoms. The second kappa shape index (κ2) is 7.22. The number of fused-ring (bicyclic) bond motifs is 6. The number of methoxy groups -OCH3 is 2. The maximum Gasteiger partial charge on any atom is 0.147 e. The van der Waals surface area contributed by atoms with Gasteiger partial charge in [0.25, 0.3) is 0 Å². The van der Waals surface area contributed by atoms with Crippen molar-refractivity contribution in [3.05, 3.63) is 0 Å². The van der Waals surface area contributed by atoms with Gasteiger partial charge >= 0.3 is 0 Å². The summed E-state index contributed by atoms with van der Waals surface area (Å²) in [4.78, 5) is 2.58. The minimum atomic E-state index is -0.286. The predicted octanol–water partition coefficient (Wildman–Crippen LogP) is 1.51. The van der Waals surface area contributed by atoms with Crippen molar-refractivity contribution < 1.29 is 24.1 Å². The molecule has 0 spiro atoms. The third kappa shape index (κ3) is 2.90. The molecule has 5 rings (SSSR count). The highest BCUT2D eigenvalue weighted by Crippen LogP contribution is 2.54. The summed E-state index contributed by atoms with van der Waals surface area (Å²) in [7, 11) is 5.82. The fraction of sp³-hybridized carbons (Fsp3) is 1.00. The molecule has 6 nitrogen and oxygen atoms in total. The summed E-state index contributed by atoms with van der Waals surface area (Å²) in [6.45, 7) is 1.45. The molecule has 5 fully saturated rings. The molecule has 5 aliphatic rings. The van der Waals surface area contributed by atoms with Gasteiger partial charge < -0.3 is 29.0 Å². The van der Waals surface area contributed by atoms with E-state index in [0.29, 0.717) is 49.0 Å². The molecule has 2 heterocycles. The molecule has 11 atom stereocenters. The van der Waals surface area contributed by atoms with Gasteiger partial charge in [-0.1, -0.05) is 0 Å². The second-order valence-electron chi connectivity index (χ2n) is 9.61. The van der Waals surface area contributed by atoms with E-state index >= 15 is 0 Å². The highest BCUT2D eigenvalue weighted by Gasteiger charge is 2.58. The number of ether oxygens (including phenoxy) is 4. The Morgan fingerprint density at radius 3 is 2.44 bits per heavy atom. The van der Waals surface area contributed by atoms with Gasteiger partial charge in [-0.2, -0.15) is 0 Å². The second-order valence-corrected chi connectivity index (χ2v) is 9.61. The van der Waals surface area contributed by atoms with E-state index in [-0.39, 0.29) is 24.4 Å². The van der Waals surface area contributed by atoms with Gasteiger partial charge in [0.1, 0.15) is 6.79 Å². The number of aliphatic hydroxyl groups excluding tert-OH is 1. The summed E-state index contributed by atoms with van der Waals surface area (Å²) in [5.41, 5.74) is 0. The van der Waals surface area contributed by atoms with Crippen LogP contribution in [-0.2, 0) is 18.9 Å². The average Bonchev–Trinajstić information content (AvgIpc) is 3.12. The molecule has 3 saturated carbocycles. The van der Waals surface area contributed by atoms with Crippen LogP contribution >= 0.6 is 0 Å². The number of hydrogen-bond acceptors (Lipinski definition) is 6. The van der Waals surface area contributed by atoms with Crippen LogP contribution in [0.5, 0.6) is 0 Å². The minimum absolute atomic E-state index is 0.00739. The van der Waals surface area contributed by atoms with E-state index in [0.717, 1.165) is 25.3 Å². The Kier molecular flexibility index (Phi) is 5.02. The molecule has 0 amide bonds. The number of rotatable bonds is 2. The van der Waals surface area contributed by atoms with E-state index in [2.05, 4.69) is 11.9 Å². The molecule has 2 saturated heterocycles. The van der Waals surface area contributed by atoms with Crippen molar-refractivity contribution in [2.24, 2.45) is 29.6 Å². The zero-order valence-corrected chi connectivity index (χ0v) is 16.8. The number of piperidine rings is 1. The normalized spacial score (nSPS) is 55.3. The first-order valence-electron chi connectivity index (χ1n) is 10.8. The molecule has 0 aromatic heterocycles. The molecule has 27 heavy (non-hydrogen) atoms. The Hall–Kier alpha value is -0.240. The summed E-state index contributed by atoms with van der Waals surface area (Å²) in [5.74, 6) is 2.60. The predicted molar refractivity (Wildman–Crippen MR) is 99.2 cm³/mol. The lowest BCUT2D eigenvalue weighted by Gasteiger charge is -2.60. The molecule has 0 aromatic carbocycles. The molecule has 0 aromatic rings. The molecule has 11 unspecified atom stereocenters. The fourth-order valence-corrected chi connectivity index (χ4v) is 7.67. The van der Waals surface area contributed by atoms with Gasteiger partial charge in [0.2, 0.25) is 0 Å². The van der Waals surface area contributed by atoms with Crippen LogP contribution in [0.25, 0.3) is 0 Å². The summed E-state index contributed by atoms with van der Waals surface area (Å²) < 4.78 is 23.3. The van der Waals surface area contributed by atoms with Crippen molar-refractivity contribution in [3.8, 4) is 0 Å². The van der Waals surface area contributed by atoms with E-state index < -0.39 is 0 Å². The summed E-state index contributed by atoms with van der Waals surface area (Å²) in [6.07, 6.45) is 5.79. The van der Waals surface area contributed by atoms with Crippen molar-refractivity contribution in [2.75, 3.05) is 34.6 Å². The average molecular weight is 382 g/mol. The topological polar surface area (TPSA) is 60.4 Å². The molecule has 3 aliphatic carbocycles. The number of likely N-dealkylation sites (tertiary alicyclic amines) is 1. The Morgan fingerprint density at radius 1 is 0.926 bits per heavy atom. The lowest BCUT2D eigenvalue weighted by atomic mass is 9.54. The standard InChI is InChI=1S/C21H35NO5/c1-22-9-14-19(15(23)8-18(24-2)21(14)25-3)12-5-4-11-6-16-17(27-10-26-16)7-13(11)20(12)22/h11-21,23H,4-10H2,1-3H3. The highest BCUT2D eigenvalue weighted by atomic mass is 16.7. The lowest BCUT2D eigenvalue weighted by Crippen LogP contribution is -2.66. The zero-order chi connectivity index (χ0) is 18.7. The van der Waals surface area contributed by atoms with Crippen LogP contribution in [-0.4, -0.2) is 81.2 Å². The molecule has 154 valence electrons. The lowest BCUT2D eigenvalue weighted by molar-refractivity contribution is -0.197. The highest BCUT2D eigenvalue weighted by molar-refractivity contribution is 5.09. The summed E-state index contributed by atoms with van der Waals surface area (Å²) in [6, 6.07) is 0.543. The third-order valence-corrected chi connectivity index (χ3v) is 8.65. The van der Waals surface area contributed by atoms with Gasteiger partial charge in [0, 0.05) is 39.1 Å². The molecule has 0 radical (unpaired) electrons. The van der Waals surface area contributed by atoms with Gasteiger partial charge in [-0.25, -0.2) is 0 Å². The van der Waals surface area contributed by atoms with Gasteiger partial charge in [0.15, 0.2) is 0 Å². The van der Waals surface area contributed by atoms with Gasteiger partial charge in [-0.3, -0.25) is 0 Å². The Morgan fingerprint density at radius 2 is 1.70 bits per heavy atom. The van der Waals surface area contributed by atoms with Crippen molar-refractivity contribution >= 4 is 0 Å². The van der Waals surface area contributed by atoms with E-state index in [1.807, 2.05) is 0 Å². The number of aliphatic hydroxyl groups is 1. The van der Waals surface area contributed by atoms with Crippen molar-refractivity contribution in [1.29, 1.82) is 0 Å². The van der Waals surface area contributed by atoms with E-state index in [9.17, 15) is 5.11 Å².